The van der Waals surface area contributed by atoms with E-state index >= 15 is 0 Å². The number of anilines is 1. The van der Waals surface area contributed by atoms with Gasteiger partial charge in [-0.15, -0.1) is 11.6 Å². The molecular formula is C10H13ClN2O3S. The van der Waals surface area contributed by atoms with Gasteiger partial charge in [0.25, 0.3) is 0 Å². The van der Waals surface area contributed by atoms with Gasteiger partial charge in [0.15, 0.2) is 5.13 Å². The number of aryl methyl sites for hydroxylation is 1. The van der Waals surface area contributed by atoms with E-state index in [1.165, 1.54) is 0 Å². The highest BCUT2D eigenvalue weighted by Gasteiger charge is 2.18. The zero-order valence-corrected chi connectivity index (χ0v) is 11.3. The summed E-state index contributed by atoms with van der Waals surface area (Å²) in [5.74, 6) is -0.780. The predicted octanol–water partition coefficient (Wildman–Crippen LogP) is 2.19. The van der Waals surface area contributed by atoms with E-state index in [1.54, 1.807) is 20.8 Å². The number of carbonyl (C=O) groups excluding carboxylic acids is 2. The van der Waals surface area contributed by atoms with Gasteiger partial charge in [-0.3, -0.25) is 4.79 Å². The quantitative estimate of drug-likeness (QED) is 0.676. The van der Waals surface area contributed by atoms with E-state index in [2.05, 4.69) is 10.3 Å². The number of alkyl halides is 1. The number of thiazole rings is 1. The average Bonchev–Trinajstić information content (AvgIpc) is 2.59. The first-order valence-electron chi connectivity index (χ1n) is 5.05. The highest BCUT2D eigenvalue weighted by molar-refractivity contribution is 7.17. The molecule has 0 spiro atoms. The number of hydrogen-bond donors (Lipinski definition) is 1. The van der Waals surface area contributed by atoms with Crippen molar-refractivity contribution in [3.05, 3.63) is 10.6 Å². The van der Waals surface area contributed by atoms with E-state index in [4.69, 9.17) is 16.3 Å². The third-order valence-corrected chi connectivity index (χ3v) is 3.10. The topological polar surface area (TPSA) is 68.3 Å². The predicted molar refractivity (Wildman–Crippen MR) is 66.8 cm³/mol. The lowest BCUT2D eigenvalue weighted by atomic mass is 10.4. The van der Waals surface area contributed by atoms with Crippen LogP contribution >= 0.6 is 22.9 Å². The van der Waals surface area contributed by atoms with Gasteiger partial charge in [-0.05, 0) is 20.8 Å². The number of nitrogens with zero attached hydrogens (tertiary/aromatic N) is 1. The standard InChI is InChI=1S/C10H13ClN2O3S/c1-4-16-9(15)7-6(3)12-10(17-7)13-8(14)5(2)11/h5H,4H2,1-3H3,(H,12,13,14). The Hall–Kier alpha value is -1.14. The Bertz CT molecular complexity index is 431. The second kappa shape index (κ2) is 5.97. The average molecular weight is 277 g/mol. The van der Waals surface area contributed by atoms with E-state index in [1.807, 2.05) is 0 Å². The van der Waals surface area contributed by atoms with E-state index in [0.717, 1.165) is 11.3 Å². The van der Waals surface area contributed by atoms with Gasteiger partial charge in [-0.2, -0.15) is 0 Å². The molecule has 1 N–H and O–H groups in total. The van der Waals surface area contributed by atoms with Crippen molar-refractivity contribution in [2.75, 3.05) is 11.9 Å². The van der Waals surface area contributed by atoms with Crippen LogP contribution in [0.1, 0.15) is 29.2 Å². The maximum atomic E-state index is 11.5. The fraction of sp³-hybridized carbons (Fsp3) is 0.500. The number of esters is 1. The van der Waals surface area contributed by atoms with Crippen molar-refractivity contribution in [3.8, 4) is 0 Å². The molecule has 94 valence electrons. The molecular weight excluding hydrogens is 264 g/mol. The molecule has 0 saturated carbocycles. The van der Waals surface area contributed by atoms with Crippen LogP contribution < -0.4 is 5.32 Å². The van der Waals surface area contributed by atoms with Gasteiger partial charge in [0, 0.05) is 0 Å². The van der Waals surface area contributed by atoms with Crippen LogP contribution in [0.25, 0.3) is 0 Å². The fourth-order valence-electron chi connectivity index (χ4n) is 1.04. The Kier molecular flexibility index (Phi) is 4.89. The number of nitrogens with one attached hydrogen (secondary N) is 1. The molecule has 1 aromatic heterocycles. The van der Waals surface area contributed by atoms with Crippen molar-refractivity contribution in [3.63, 3.8) is 0 Å². The number of ether oxygens (including phenoxy) is 1. The molecule has 0 bridgehead atoms. The van der Waals surface area contributed by atoms with Crippen LogP contribution in [0, 0.1) is 6.92 Å². The second-order valence-electron chi connectivity index (χ2n) is 3.26. The van der Waals surface area contributed by atoms with Crippen LogP contribution in [0.3, 0.4) is 0 Å². The lowest BCUT2D eigenvalue weighted by molar-refractivity contribution is -0.115. The zero-order valence-electron chi connectivity index (χ0n) is 9.74. The minimum Gasteiger partial charge on any atom is -0.462 e. The van der Waals surface area contributed by atoms with Gasteiger partial charge in [-0.1, -0.05) is 11.3 Å². The molecule has 1 atom stereocenters. The second-order valence-corrected chi connectivity index (χ2v) is 4.91. The summed E-state index contributed by atoms with van der Waals surface area (Å²) in [6.45, 7) is 5.27. The highest BCUT2D eigenvalue weighted by atomic mass is 35.5. The smallest absolute Gasteiger partial charge is 0.350 e. The Morgan fingerprint density at radius 2 is 2.24 bits per heavy atom. The van der Waals surface area contributed by atoms with E-state index in [9.17, 15) is 9.59 Å². The molecule has 0 radical (unpaired) electrons. The van der Waals surface area contributed by atoms with Gasteiger partial charge in [-0.25, -0.2) is 9.78 Å². The van der Waals surface area contributed by atoms with Crippen LogP contribution in [-0.4, -0.2) is 28.8 Å². The van der Waals surface area contributed by atoms with Gasteiger partial charge in [0.2, 0.25) is 5.91 Å². The minimum absolute atomic E-state index is 0.302. The molecule has 0 fully saturated rings. The molecule has 1 unspecified atom stereocenters. The molecule has 0 aliphatic carbocycles. The van der Waals surface area contributed by atoms with Gasteiger partial charge >= 0.3 is 5.97 Å². The third kappa shape index (κ3) is 3.67. The van der Waals surface area contributed by atoms with Crippen molar-refractivity contribution in [2.24, 2.45) is 0 Å². The Labute approximate surface area is 108 Å². The van der Waals surface area contributed by atoms with Crippen molar-refractivity contribution in [2.45, 2.75) is 26.1 Å². The highest BCUT2D eigenvalue weighted by Crippen LogP contribution is 2.23. The van der Waals surface area contributed by atoms with Crippen LogP contribution in [0.15, 0.2) is 0 Å². The molecule has 0 saturated heterocycles. The molecule has 0 aliphatic heterocycles. The molecule has 1 rings (SSSR count). The van der Waals surface area contributed by atoms with E-state index in [-0.39, 0.29) is 5.91 Å². The maximum Gasteiger partial charge on any atom is 0.350 e. The SMILES string of the molecule is CCOC(=O)c1sc(NC(=O)C(C)Cl)nc1C. The number of aromatic nitrogens is 1. The number of halogens is 1. The van der Waals surface area contributed by atoms with E-state index in [0.29, 0.717) is 22.3 Å². The van der Waals surface area contributed by atoms with Crippen LogP contribution in [0.5, 0.6) is 0 Å². The van der Waals surface area contributed by atoms with Gasteiger partial charge in [0.05, 0.1) is 12.3 Å². The molecule has 1 aromatic rings. The monoisotopic (exact) mass is 276 g/mol. The molecule has 0 aromatic carbocycles. The first-order chi connectivity index (χ1) is 7.95. The normalized spacial score (nSPS) is 12.0. The zero-order chi connectivity index (χ0) is 13.0. The number of hydrogen-bond acceptors (Lipinski definition) is 5. The van der Waals surface area contributed by atoms with Crippen LogP contribution in [0.2, 0.25) is 0 Å². The molecule has 17 heavy (non-hydrogen) atoms. The summed E-state index contributed by atoms with van der Waals surface area (Å²) < 4.78 is 4.87. The number of amides is 1. The summed E-state index contributed by atoms with van der Waals surface area (Å²) >= 11 is 6.69. The first kappa shape index (κ1) is 13.9. The Morgan fingerprint density at radius 3 is 2.76 bits per heavy atom. The number of carbonyl (C=O) groups is 2. The first-order valence-corrected chi connectivity index (χ1v) is 6.30. The summed E-state index contributed by atoms with van der Waals surface area (Å²) in [7, 11) is 0. The molecule has 1 amide bonds. The molecule has 1 heterocycles. The summed E-state index contributed by atoms with van der Waals surface area (Å²) in [5.41, 5.74) is 0.533. The number of rotatable bonds is 4. The third-order valence-electron chi connectivity index (χ3n) is 1.85. The van der Waals surface area contributed by atoms with Crippen molar-refractivity contribution in [1.82, 2.24) is 4.98 Å². The van der Waals surface area contributed by atoms with Crippen LogP contribution in [0.4, 0.5) is 5.13 Å². The minimum atomic E-state index is -0.648. The van der Waals surface area contributed by atoms with E-state index < -0.39 is 11.3 Å². The summed E-state index contributed by atoms with van der Waals surface area (Å²) in [6.07, 6.45) is 0. The molecule has 5 nitrogen and oxygen atoms in total. The maximum absolute atomic E-state index is 11.5. The summed E-state index contributed by atoms with van der Waals surface area (Å²) in [4.78, 5) is 27.3. The van der Waals surface area contributed by atoms with Gasteiger partial charge in [0.1, 0.15) is 10.3 Å². The molecule has 0 aliphatic rings. The van der Waals surface area contributed by atoms with Crippen LogP contribution in [-0.2, 0) is 9.53 Å². The largest absolute Gasteiger partial charge is 0.462 e. The summed E-state index contributed by atoms with van der Waals surface area (Å²) in [5, 5.41) is 2.23. The molecule has 7 heteroatoms. The Morgan fingerprint density at radius 1 is 1.59 bits per heavy atom. The summed E-state index contributed by atoms with van der Waals surface area (Å²) in [6, 6.07) is 0. The Balaban J connectivity index is 2.81. The van der Waals surface area contributed by atoms with Crippen molar-refractivity contribution in [1.29, 1.82) is 0 Å². The van der Waals surface area contributed by atoms with Gasteiger partial charge < -0.3 is 10.1 Å². The lowest BCUT2D eigenvalue weighted by Crippen LogP contribution is -2.20. The van der Waals surface area contributed by atoms with Crippen molar-refractivity contribution >= 4 is 39.9 Å². The fourth-order valence-corrected chi connectivity index (χ4v) is 1.96. The lowest BCUT2D eigenvalue weighted by Gasteiger charge is -2.01. The van der Waals surface area contributed by atoms with Crippen molar-refractivity contribution < 1.29 is 14.3 Å².